The summed E-state index contributed by atoms with van der Waals surface area (Å²) >= 11 is 0. The van der Waals surface area contributed by atoms with Gasteiger partial charge in [-0.1, -0.05) is 30.7 Å². The van der Waals surface area contributed by atoms with Crippen molar-refractivity contribution in [3.63, 3.8) is 0 Å². The van der Waals surface area contributed by atoms with Crippen LogP contribution in [0.4, 0.5) is 5.69 Å². The molecule has 1 N–H and O–H groups in total. The lowest BCUT2D eigenvalue weighted by Crippen LogP contribution is -2.45. The fourth-order valence-electron chi connectivity index (χ4n) is 2.78. The van der Waals surface area contributed by atoms with E-state index in [1.165, 1.54) is 11.4 Å². The molecule has 0 saturated heterocycles. The Balaban J connectivity index is 2.32. The number of carbonyl (C=O) groups excluding carboxylic acids is 1. The summed E-state index contributed by atoms with van der Waals surface area (Å²) < 4.78 is 32.8. The van der Waals surface area contributed by atoms with Crippen molar-refractivity contribution in [3.05, 3.63) is 53.6 Å². The lowest BCUT2D eigenvalue weighted by molar-refractivity contribution is -0.119. The van der Waals surface area contributed by atoms with Crippen molar-refractivity contribution >= 4 is 21.6 Å². The average Bonchev–Trinajstić information content (AvgIpc) is 2.63. The van der Waals surface area contributed by atoms with E-state index < -0.39 is 22.0 Å². The predicted octanol–water partition coefficient (Wildman–Crippen LogP) is 3.35. The molecule has 2 rings (SSSR count). The highest BCUT2D eigenvalue weighted by Crippen LogP contribution is 2.29. The first kappa shape index (κ1) is 20.9. The van der Waals surface area contributed by atoms with Gasteiger partial charge >= 0.3 is 0 Å². The van der Waals surface area contributed by atoms with Crippen LogP contribution < -0.4 is 10.1 Å². The minimum atomic E-state index is -3.91. The van der Waals surface area contributed by atoms with Gasteiger partial charge in [-0.25, -0.2) is 8.42 Å². The minimum Gasteiger partial charge on any atom is -0.495 e. The quantitative estimate of drug-likeness (QED) is 0.787. The fourth-order valence-corrected chi connectivity index (χ4v) is 4.62. The van der Waals surface area contributed by atoms with Crippen LogP contribution in [-0.4, -0.2) is 38.3 Å². The Bertz CT molecular complexity index is 908. The van der Waals surface area contributed by atoms with E-state index in [4.69, 9.17) is 4.74 Å². The Morgan fingerprint density at radius 2 is 1.70 bits per heavy atom. The van der Waals surface area contributed by atoms with Crippen LogP contribution >= 0.6 is 0 Å². The maximum Gasteiger partial charge on any atom is 0.247 e. The predicted molar refractivity (Wildman–Crippen MR) is 107 cm³/mol. The molecule has 7 heteroatoms. The van der Waals surface area contributed by atoms with Gasteiger partial charge in [0.1, 0.15) is 16.7 Å². The third-order valence-corrected chi connectivity index (χ3v) is 6.41. The first-order chi connectivity index (χ1) is 12.7. The van der Waals surface area contributed by atoms with E-state index >= 15 is 0 Å². The Hall–Kier alpha value is -2.38. The maximum absolute atomic E-state index is 13.2. The van der Waals surface area contributed by atoms with Gasteiger partial charge < -0.3 is 10.1 Å². The van der Waals surface area contributed by atoms with Crippen LogP contribution in [0.1, 0.15) is 25.0 Å². The number of anilines is 1. The summed E-state index contributed by atoms with van der Waals surface area (Å²) in [4.78, 5) is 12.7. The SMILES string of the molecule is CCN([C@@H](C)C(=O)Nc1ccc(C)cc1)S(=O)(=O)c1cc(C)ccc1OC. The lowest BCUT2D eigenvalue weighted by atomic mass is 10.2. The Kier molecular flexibility index (Phi) is 6.62. The molecule has 1 atom stereocenters. The Morgan fingerprint density at radius 3 is 2.26 bits per heavy atom. The van der Waals surface area contributed by atoms with Gasteiger partial charge in [-0.05, 0) is 50.6 Å². The van der Waals surface area contributed by atoms with Gasteiger partial charge in [0.15, 0.2) is 0 Å². The summed E-state index contributed by atoms with van der Waals surface area (Å²) in [6.45, 7) is 7.20. The summed E-state index contributed by atoms with van der Waals surface area (Å²) in [6.07, 6.45) is 0. The molecular formula is C20H26N2O4S. The molecule has 0 aliphatic rings. The van der Waals surface area contributed by atoms with Crippen LogP contribution in [0.15, 0.2) is 47.4 Å². The normalized spacial score (nSPS) is 12.7. The zero-order chi connectivity index (χ0) is 20.2. The second kappa shape index (κ2) is 8.54. The number of nitrogens with one attached hydrogen (secondary N) is 1. The van der Waals surface area contributed by atoms with Gasteiger partial charge in [-0.2, -0.15) is 4.31 Å². The van der Waals surface area contributed by atoms with E-state index in [9.17, 15) is 13.2 Å². The van der Waals surface area contributed by atoms with Gasteiger partial charge in [-0.3, -0.25) is 4.79 Å². The topological polar surface area (TPSA) is 75.7 Å². The largest absolute Gasteiger partial charge is 0.495 e. The first-order valence-corrected chi connectivity index (χ1v) is 10.2. The number of hydrogen-bond acceptors (Lipinski definition) is 4. The highest BCUT2D eigenvalue weighted by molar-refractivity contribution is 7.89. The van der Waals surface area contributed by atoms with Crippen LogP contribution in [0.5, 0.6) is 5.75 Å². The van der Waals surface area contributed by atoms with Crippen LogP contribution in [-0.2, 0) is 14.8 Å². The highest BCUT2D eigenvalue weighted by Gasteiger charge is 2.33. The molecule has 6 nitrogen and oxygen atoms in total. The number of likely N-dealkylation sites (N-methyl/N-ethyl adjacent to an activating group) is 1. The van der Waals surface area contributed by atoms with Gasteiger partial charge in [0, 0.05) is 12.2 Å². The number of carbonyl (C=O) groups is 1. The number of nitrogens with zero attached hydrogens (tertiary/aromatic N) is 1. The second-order valence-electron chi connectivity index (χ2n) is 6.39. The molecule has 0 aliphatic heterocycles. The van der Waals surface area contributed by atoms with E-state index in [2.05, 4.69) is 5.32 Å². The Labute approximate surface area is 161 Å². The molecule has 1 amide bonds. The molecule has 0 bridgehead atoms. The molecule has 0 aromatic heterocycles. The van der Waals surface area contributed by atoms with Crippen LogP contribution in [0.3, 0.4) is 0 Å². The molecule has 146 valence electrons. The number of rotatable bonds is 7. The van der Waals surface area contributed by atoms with Gasteiger partial charge in [0.05, 0.1) is 7.11 Å². The van der Waals surface area contributed by atoms with Crippen LogP contribution in [0.2, 0.25) is 0 Å². The van der Waals surface area contributed by atoms with Gasteiger partial charge in [-0.15, -0.1) is 0 Å². The summed E-state index contributed by atoms with van der Waals surface area (Å²) in [5, 5.41) is 2.77. The zero-order valence-corrected chi connectivity index (χ0v) is 17.1. The first-order valence-electron chi connectivity index (χ1n) is 8.74. The standard InChI is InChI=1S/C20H26N2O4S/c1-6-22(16(4)20(23)21-17-10-7-14(2)8-11-17)27(24,25)19-13-15(3)9-12-18(19)26-5/h7-13,16H,6H2,1-5H3,(H,21,23)/t16-/m0/s1. The maximum atomic E-state index is 13.2. The van der Waals surface area contributed by atoms with Crippen molar-refractivity contribution in [2.24, 2.45) is 0 Å². The van der Waals surface area contributed by atoms with Crippen molar-refractivity contribution in [1.82, 2.24) is 4.31 Å². The number of aryl methyl sites for hydroxylation is 2. The molecule has 0 spiro atoms. The van der Waals surface area contributed by atoms with Crippen LogP contribution in [0.25, 0.3) is 0 Å². The van der Waals surface area contributed by atoms with E-state index in [1.54, 1.807) is 44.2 Å². The number of sulfonamides is 1. The van der Waals surface area contributed by atoms with E-state index in [0.29, 0.717) is 5.69 Å². The molecule has 0 fully saturated rings. The van der Waals surface area contributed by atoms with E-state index in [0.717, 1.165) is 11.1 Å². The number of methoxy groups -OCH3 is 1. The number of ether oxygens (including phenoxy) is 1. The zero-order valence-electron chi connectivity index (χ0n) is 16.3. The molecule has 0 saturated carbocycles. The van der Waals surface area contributed by atoms with Crippen molar-refractivity contribution in [1.29, 1.82) is 0 Å². The highest BCUT2D eigenvalue weighted by atomic mass is 32.2. The van der Waals surface area contributed by atoms with Crippen molar-refractivity contribution < 1.29 is 17.9 Å². The van der Waals surface area contributed by atoms with Crippen LogP contribution in [0, 0.1) is 13.8 Å². The van der Waals surface area contributed by atoms with Gasteiger partial charge in [0.25, 0.3) is 0 Å². The third-order valence-electron chi connectivity index (χ3n) is 4.35. The number of hydrogen-bond donors (Lipinski definition) is 1. The number of amides is 1. The molecule has 0 radical (unpaired) electrons. The molecule has 27 heavy (non-hydrogen) atoms. The molecule has 0 aliphatic carbocycles. The summed E-state index contributed by atoms with van der Waals surface area (Å²) in [5.74, 6) is -0.138. The van der Waals surface area contributed by atoms with Crippen molar-refractivity contribution in [2.45, 2.75) is 38.6 Å². The monoisotopic (exact) mass is 390 g/mol. The Morgan fingerprint density at radius 1 is 1.11 bits per heavy atom. The minimum absolute atomic E-state index is 0.0573. The summed E-state index contributed by atoms with van der Waals surface area (Å²) in [7, 11) is -2.49. The summed E-state index contributed by atoms with van der Waals surface area (Å²) in [5.41, 5.74) is 2.49. The molecule has 0 unspecified atom stereocenters. The molecule has 0 heterocycles. The molecular weight excluding hydrogens is 364 g/mol. The lowest BCUT2D eigenvalue weighted by Gasteiger charge is -2.27. The third kappa shape index (κ3) is 4.67. The van der Waals surface area contributed by atoms with E-state index in [-0.39, 0.29) is 17.2 Å². The fraction of sp³-hybridized carbons (Fsp3) is 0.350. The summed E-state index contributed by atoms with van der Waals surface area (Å²) in [6, 6.07) is 11.4. The number of benzene rings is 2. The average molecular weight is 391 g/mol. The molecule has 2 aromatic rings. The van der Waals surface area contributed by atoms with Crippen molar-refractivity contribution in [2.75, 3.05) is 19.0 Å². The second-order valence-corrected chi connectivity index (χ2v) is 8.25. The van der Waals surface area contributed by atoms with Gasteiger partial charge in [0.2, 0.25) is 15.9 Å². The smallest absolute Gasteiger partial charge is 0.247 e. The van der Waals surface area contributed by atoms with Crippen molar-refractivity contribution in [3.8, 4) is 5.75 Å². The van der Waals surface area contributed by atoms with E-state index in [1.807, 2.05) is 26.0 Å². The molecule has 2 aromatic carbocycles.